The standard InChI is InChI=1S/C36H67N3O9/c1-3-5-7-9-11-13-15-17-19-21-25-39(31(43)22-20-18-16-14-12-10-8-6-4-2)36(37)33(35(47)34(46)29(27-40)48-36)28(41)26-38-30(42)23-24-32(44)45/h29,33-35,40,46-47H,3-27,37H2,1-2H3,(H,38,42)(H,44,45)/t29-,33-,34-,35-,36+/m1/s1. The van der Waals surface area contributed by atoms with Crippen molar-refractivity contribution in [2.75, 3.05) is 19.7 Å². The zero-order chi connectivity index (χ0) is 35.8. The second kappa shape index (κ2) is 25.8. The van der Waals surface area contributed by atoms with E-state index in [2.05, 4.69) is 19.2 Å². The van der Waals surface area contributed by atoms with Crippen molar-refractivity contribution in [2.45, 2.75) is 179 Å². The molecule has 0 saturated carbocycles. The van der Waals surface area contributed by atoms with Crippen molar-refractivity contribution >= 4 is 23.6 Å². The number of aliphatic hydroxyl groups excluding tert-OH is 3. The number of carboxylic acid groups (broad SMARTS) is 1. The lowest BCUT2D eigenvalue weighted by Crippen LogP contribution is -2.75. The number of carboxylic acids is 1. The molecule has 0 aromatic rings. The van der Waals surface area contributed by atoms with E-state index in [1.807, 2.05) is 0 Å². The fraction of sp³-hybridized carbons (Fsp3) is 0.889. The minimum atomic E-state index is -2.19. The molecule has 0 bridgehead atoms. The van der Waals surface area contributed by atoms with Gasteiger partial charge in [-0.3, -0.25) is 24.9 Å². The van der Waals surface area contributed by atoms with Crippen LogP contribution in [0.4, 0.5) is 0 Å². The molecule has 1 rings (SSSR count). The molecule has 2 amide bonds. The fourth-order valence-electron chi connectivity index (χ4n) is 6.42. The van der Waals surface area contributed by atoms with Gasteiger partial charge < -0.3 is 35.4 Å². The Morgan fingerprint density at radius 1 is 0.708 bits per heavy atom. The highest BCUT2D eigenvalue weighted by molar-refractivity contribution is 5.90. The van der Waals surface area contributed by atoms with Gasteiger partial charge in [0.05, 0.1) is 25.7 Å². The fourth-order valence-corrected chi connectivity index (χ4v) is 6.42. The Balaban J connectivity index is 3.02. The lowest BCUT2D eigenvalue weighted by Gasteiger charge is -2.52. The summed E-state index contributed by atoms with van der Waals surface area (Å²) in [6, 6.07) is 0. The van der Waals surface area contributed by atoms with Gasteiger partial charge in [0.1, 0.15) is 18.1 Å². The number of hydrogen-bond acceptors (Lipinski definition) is 9. The average molecular weight is 686 g/mol. The predicted molar refractivity (Wildman–Crippen MR) is 185 cm³/mol. The van der Waals surface area contributed by atoms with E-state index in [1.54, 1.807) is 0 Å². The largest absolute Gasteiger partial charge is 0.481 e. The van der Waals surface area contributed by atoms with Gasteiger partial charge in [0.2, 0.25) is 17.7 Å². The van der Waals surface area contributed by atoms with E-state index >= 15 is 0 Å². The molecule has 1 aliphatic heterocycles. The molecule has 0 aromatic carbocycles. The molecular formula is C36H67N3O9. The number of ketones is 1. The molecule has 0 spiro atoms. The number of carbonyl (C=O) groups is 4. The summed E-state index contributed by atoms with van der Waals surface area (Å²) < 4.78 is 5.95. The molecule has 1 aliphatic rings. The number of ether oxygens (including phenoxy) is 1. The van der Waals surface area contributed by atoms with E-state index in [-0.39, 0.29) is 25.3 Å². The first-order valence-corrected chi connectivity index (χ1v) is 18.8. The highest BCUT2D eigenvalue weighted by atomic mass is 16.6. The molecule has 7 N–H and O–H groups in total. The Kier molecular flexibility index (Phi) is 23.6. The number of aliphatic carboxylic acids is 1. The van der Waals surface area contributed by atoms with Crippen LogP contribution in [0.25, 0.3) is 0 Å². The van der Waals surface area contributed by atoms with E-state index in [0.29, 0.717) is 12.8 Å². The highest BCUT2D eigenvalue weighted by Crippen LogP contribution is 2.36. The molecule has 5 atom stereocenters. The van der Waals surface area contributed by atoms with Gasteiger partial charge in [-0.15, -0.1) is 0 Å². The van der Waals surface area contributed by atoms with E-state index in [9.17, 15) is 34.5 Å². The molecule has 1 saturated heterocycles. The minimum Gasteiger partial charge on any atom is -0.481 e. The van der Waals surface area contributed by atoms with E-state index in [4.69, 9.17) is 15.6 Å². The van der Waals surface area contributed by atoms with Crippen LogP contribution in [0.15, 0.2) is 0 Å². The van der Waals surface area contributed by atoms with Gasteiger partial charge in [-0.25, -0.2) is 0 Å². The smallest absolute Gasteiger partial charge is 0.303 e. The molecule has 0 aromatic heterocycles. The third-order valence-electron chi connectivity index (χ3n) is 9.36. The van der Waals surface area contributed by atoms with Crippen LogP contribution < -0.4 is 11.1 Å². The molecule has 48 heavy (non-hydrogen) atoms. The molecule has 280 valence electrons. The number of nitrogens with zero attached hydrogens (tertiary/aromatic N) is 1. The van der Waals surface area contributed by atoms with Gasteiger partial charge in [0, 0.05) is 19.4 Å². The number of Topliss-reactive ketones (excluding diaryl/α,β-unsaturated/α-hetero) is 1. The quantitative estimate of drug-likeness (QED) is 0.0480. The van der Waals surface area contributed by atoms with Crippen LogP contribution in [0.1, 0.15) is 155 Å². The van der Waals surface area contributed by atoms with Crippen molar-refractivity contribution in [3.63, 3.8) is 0 Å². The van der Waals surface area contributed by atoms with Gasteiger partial charge in [-0.1, -0.05) is 123 Å². The SMILES string of the molecule is CCCCCCCCCCCCN(C(=O)CCCCCCCCCCC)[C@]1(N)O[C@H](CO)[C@@H](O)[C@H](O)[C@H]1C(=O)CNC(=O)CCC(=O)O. The zero-order valence-corrected chi connectivity index (χ0v) is 29.8. The summed E-state index contributed by atoms with van der Waals surface area (Å²) in [6.45, 7) is 3.22. The van der Waals surface area contributed by atoms with Crippen molar-refractivity contribution in [3.8, 4) is 0 Å². The molecule has 12 heteroatoms. The second-order valence-corrected chi connectivity index (χ2v) is 13.5. The summed E-state index contributed by atoms with van der Waals surface area (Å²) in [5, 5.41) is 43.0. The number of rotatable bonds is 29. The summed E-state index contributed by atoms with van der Waals surface area (Å²) in [5.41, 5.74) is 6.79. The van der Waals surface area contributed by atoms with Gasteiger partial charge in [-0.05, 0) is 12.8 Å². The number of nitrogens with two attached hydrogens (primary N) is 1. The molecule has 0 unspecified atom stereocenters. The first kappa shape index (κ1) is 43.9. The highest BCUT2D eigenvalue weighted by Gasteiger charge is 2.58. The maximum atomic E-state index is 13.8. The van der Waals surface area contributed by atoms with Crippen LogP contribution >= 0.6 is 0 Å². The van der Waals surface area contributed by atoms with Crippen LogP contribution in [0.2, 0.25) is 0 Å². The normalized spacial score (nSPS) is 22.4. The molecule has 1 heterocycles. The number of amides is 2. The van der Waals surface area contributed by atoms with E-state index in [1.165, 1.54) is 62.7 Å². The Hall–Kier alpha value is -2.12. The molecule has 1 fully saturated rings. The summed E-state index contributed by atoms with van der Waals surface area (Å²) in [7, 11) is 0. The maximum Gasteiger partial charge on any atom is 0.303 e. The molecular weight excluding hydrogens is 618 g/mol. The molecule has 0 radical (unpaired) electrons. The predicted octanol–water partition coefficient (Wildman–Crippen LogP) is 4.55. The first-order valence-electron chi connectivity index (χ1n) is 18.8. The van der Waals surface area contributed by atoms with E-state index in [0.717, 1.165) is 51.4 Å². The van der Waals surface area contributed by atoms with Crippen molar-refractivity contribution in [1.82, 2.24) is 10.2 Å². The first-order chi connectivity index (χ1) is 23.0. The van der Waals surface area contributed by atoms with Crippen LogP contribution in [-0.4, -0.2) is 92.8 Å². The summed E-state index contributed by atoms with van der Waals surface area (Å²) in [5.74, 6) is -6.81. The van der Waals surface area contributed by atoms with Gasteiger partial charge in [-0.2, -0.15) is 0 Å². The Morgan fingerprint density at radius 3 is 1.67 bits per heavy atom. The monoisotopic (exact) mass is 685 g/mol. The lowest BCUT2D eigenvalue weighted by molar-refractivity contribution is -0.291. The number of aliphatic hydroxyl groups is 3. The van der Waals surface area contributed by atoms with Crippen molar-refractivity contribution in [1.29, 1.82) is 0 Å². The average Bonchev–Trinajstić information content (AvgIpc) is 3.06. The Labute approximate surface area is 288 Å². The van der Waals surface area contributed by atoms with Gasteiger partial charge in [0.25, 0.3) is 0 Å². The zero-order valence-electron chi connectivity index (χ0n) is 29.8. The lowest BCUT2D eigenvalue weighted by atomic mass is 9.82. The number of hydrogen-bond donors (Lipinski definition) is 6. The van der Waals surface area contributed by atoms with Gasteiger partial charge >= 0.3 is 5.97 Å². The van der Waals surface area contributed by atoms with Crippen LogP contribution in [-0.2, 0) is 23.9 Å². The van der Waals surface area contributed by atoms with Crippen molar-refractivity contribution in [2.24, 2.45) is 11.7 Å². The van der Waals surface area contributed by atoms with E-state index < -0.39 is 67.3 Å². The summed E-state index contributed by atoms with van der Waals surface area (Å²) in [4.78, 5) is 51.7. The molecule has 0 aliphatic carbocycles. The minimum absolute atomic E-state index is 0.152. The molecule has 12 nitrogen and oxygen atoms in total. The second-order valence-electron chi connectivity index (χ2n) is 13.5. The maximum absolute atomic E-state index is 13.8. The summed E-state index contributed by atoms with van der Waals surface area (Å²) in [6.07, 6.45) is 14.9. The Morgan fingerprint density at radius 2 is 1.19 bits per heavy atom. The number of nitrogens with one attached hydrogen (secondary N) is 1. The van der Waals surface area contributed by atoms with Crippen LogP contribution in [0, 0.1) is 5.92 Å². The topological polar surface area (TPSA) is 200 Å². The van der Waals surface area contributed by atoms with Crippen LogP contribution in [0.5, 0.6) is 0 Å². The van der Waals surface area contributed by atoms with Crippen molar-refractivity contribution in [3.05, 3.63) is 0 Å². The summed E-state index contributed by atoms with van der Waals surface area (Å²) >= 11 is 0. The third-order valence-corrected chi connectivity index (χ3v) is 9.36. The van der Waals surface area contributed by atoms with Gasteiger partial charge in [0.15, 0.2) is 5.78 Å². The third kappa shape index (κ3) is 16.5. The van der Waals surface area contributed by atoms with Crippen LogP contribution in [0.3, 0.4) is 0 Å². The number of carbonyl (C=O) groups excluding carboxylic acids is 3. The Bertz CT molecular complexity index is 921. The number of unbranched alkanes of at least 4 members (excludes halogenated alkanes) is 17. The van der Waals surface area contributed by atoms with Crippen molar-refractivity contribution < 1.29 is 44.3 Å².